The van der Waals surface area contributed by atoms with Crippen LogP contribution in [0.4, 0.5) is 0 Å². The Balaban J connectivity index is 2.11. The van der Waals surface area contributed by atoms with Crippen molar-refractivity contribution < 1.29 is 38.6 Å². The molecule has 0 radical (unpaired) electrons. The summed E-state index contributed by atoms with van der Waals surface area (Å²) in [4.78, 5) is 68.1. The minimum Gasteiger partial charge on any atom is -0.495 e. The lowest BCUT2D eigenvalue weighted by atomic mass is 9.93. The largest absolute Gasteiger partial charge is 0.495 e. The van der Waals surface area contributed by atoms with Gasteiger partial charge in [0.25, 0.3) is 0 Å². The Morgan fingerprint density at radius 3 is 2.45 bits per heavy atom. The van der Waals surface area contributed by atoms with Crippen LogP contribution in [0.1, 0.15) is 65.5 Å². The van der Waals surface area contributed by atoms with E-state index in [1.54, 1.807) is 50.5 Å². The van der Waals surface area contributed by atoms with E-state index in [4.69, 9.17) is 21.1 Å². The van der Waals surface area contributed by atoms with Gasteiger partial charge in [0.1, 0.15) is 11.8 Å². The van der Waals surface area contributed by atoms with Gasteiger partial charge in [0.15, 0.2) is 6.10 Å². The highest BCUT2D eigenvalue weighted by Gasteiger charge is 2.35. The van der Waals surface area contributed by atoms with E-state index in [9.17, 15) is 29.1 Å². The first kappa shape index (κ1) is 45.0. The zero-order valence-corrected chi connectivity index (χ0v) is 33.1. The van der Waals surface area contributed by atoms with Crippen LogP contribution < -0.4 is 20.7 Å². The second-order valence-corrected chi connectivity index (χ2v) is 15.2. The third kappa shape index (κ3) is 17.0. The fourth-order valence-corrected chi connectivity index (χ4v) is 5.80. The number of benzene rings is 1. The minimum atomic E-state index is -1.23. The van der Waals surface area contributed by atoms with Crippen molar-refractivity contribution in [1.29, 1.82) is 0 Å². The maximum atomic E-state index is 13.6. The number of pyridine rings is 1. The molecule has 4 atom stereocenters. The van der Waals surface area contributed by atoms with Gasteiger partial charge in [0.05, 0.1) is 23.7 Å². The number of rotatable bonds is 21. The van der Waals surface area contributed by atoms with Crippen LogP contribution in [0.2, 0.25) is 5.02 Å². The van der Waals surface area contributed by atoms with Crippen LogP contribution in [-0.4, -0.2) is 83.1 Å². The average molecular weight is 773 g/mol. The molecule has 53 heavy (non-hydrogen) atoms. The van der Waals surface area contributed by atoms with Crippen molar-refractivity contribution in [3.05, 3.63) is 77.1 Å². The summed E-state index contributed by atoms with van der Waals surface area (Å²) in [6.07, 6.45) is 8.75. The highest BCUT2D eigenvalue weighted by atomic mass is 35.5. The van der Waals surface area contributed by atoms with E-state index in [0.717, 1.165) is 17.3 Å². The number of carbonyl (C=O) groups excluding carboxylic acids is 5. The van der Waals surface area contributed by atoms with Crippen molar-refractivity contribution in [2.24, 2.45) is 17.3 Å². The zero-order valence-electron chi connectivity index (χ0n) is 31.5. The standard InChI is InChI=1S/C39H53ClN4O8S/c1-25(2)20-34(37(49)53-19-18-42-27(4)45)52-38(50)39(5,6)24-43-36(48)31(22-29-15-16-33(51-7)30(40)21-29)44-35(47)12-8-11-32(46)26(3)13-14-28-10-9-17-41-23-28/h8-10,12-17,21,23,25-26,31-32,34,46H,11,18-20,22,24H2,1-7H3,(H,42,45)(H,43,48)(H,44,47)/b12-8+,14-13+/t26-,31-,32+,34+/m1/s1. The molecule has 1 aromatic heterocycles. The molecule has 290 valence electrons. The minimum absolute atomic E-state index is 0.0568. The highest BCUT2D eigenvalue weighted by Crippen LogP contribution is 2.26. The first-order valence-electron chi connectivity index (χ1n) is 17.5. The van der Waals surface area contributed by atoms with Crippen molar-refractivity contribution in [3.63, 3.8) is 0 Å². The van der Waals surface area contributed by atoms with Crippen molar-refractivity contribution in [2.45, 2.75) is 79.1 Å². The molecule has 2 aromatic rings. The number of methoxy groups -OCH3 is 1. The monoisotopic (exact) mass is 772 g/mol. The molecule has 2 rings (SSSR count). The fourth-order valence-electron chi connectivity index (χ4n) is 4.78. The molecule has 14 heteroatoms. The van der Waals surface area contributed by atoms with Gasteiger partial charge < -0.3 is 30.5 Å². The first-order valence-corrected chi connectivity index (χ1v) is 18.8. The summed E-state index contributed by atoms with van der Waals surface area (Å²) < 4.78 is 10.9. The van der Waals surface area contributed by atoms with Crippen LogP contribution in [0.15, 0.2) is 61.0 Å². The molecule has 12 nitrogen and oxygen atoms in total. The molecule has 0 aliphatic heterocycles. The van der Waals surface area contributed by atoms with E-state index in [2.05, 4.69) is 20.9 Å². The topological polar surface area (TPSA) is 173 Å². The van der Waals surface area contributed by atoms with Crippen molar-refractivity contribution in [3.8, 4) is 5.75 Å². The van der Waals surface area contributed by atoms with Crippen LogP contribution in [0.5, 0.6) is 5.75 Å². The summed E-state index contributed by atoms with van der Waals surface area (Å²) >= 11 is 7.31. The number of amides is 3. The lowest BCUT2D eigenvalue weighted by Gasteiger charge is -2.27. The van der Waals surface area contributed by atoms with Crippen LogP contribution in [0.3, 0.4) is 0 Å². The predicted octanol–water partition coefficient (Wildman–Crippen LogP) is 4.92. The molecule has 4 N–H and O–H groups in total. The molecular weight excluding hydrogens is 720 g/mol. The summed E-state index contributed by atoms with van der Waals surface area (Å²) in [6.45, 7) is 10.4. The molecule has 0 unspecified atom stereocenters. The summed E-state index contributed by atoms with van der Waals surface area (Å²) in [6, 6.07) is 7.68. The number of nitrogens with one attached hydrogen (secondary N) is 3. The second-order valence-electron chi connectivity index (χ2n) is 13.7. The Morgan fingerprint density at radius 2 is 1.83 bits per heavy atom. The SMILES string of the molecule is COc1ccc(C[C@@H](NC(=O)/C=C/C[C@H](O)[C@H](C)/C=C/c2cccnc2)C(=O)NCC(C)(C)C(=O)O[C@@H](CC(C)C)C(=O)SCCNC(C)=O)cc1Cl. The second kappa shape index (κ2) is 22.8. The Kier molecular flexibility index (Phi) is 19.3. The summed E-state index contributed by atoms with van der Waals surface area (Å²) in [7, 11) is 1.49. The van der Waals surface area contributed by atoms with Gasteiger partial charge >= 0.3 is 5.97 Å². The van der Waals surface area contributed by atoms with Crippen LogP contribution in [-0.2, 0) is 35.1 Å². The molecule has 0 bridgehead atoms. The lowest BCUT2D eigenvalue weighted by Crippen LogP contribution is -2.51. The van der Waals surface area contributed by atoms with Crippen molar-refractivity contribution in [1.82, 2.24) is 20.9 Å². The fraction of sp³-hybridized carbons (Fsp3) is 0.487. The first-order chi connectivity index (χ1) is 25.0. The van der Waals surface area contributed by atoms with E-state index < -0.39 is 41.4 Å². The molecule has 0 aliphatic carbocycles. The molecule has 0 saturated carbocycles. The number of aliphatic hydroxyl groups is 1. The van der Waals surface area contributed by atoms with Crippen LogP contribution >= 0.6 is 23.4 Å². The Bertz CT molecular complexity index is 1580. The third-order valence-corrected chi connectivity index (χ3v) is 9.25. The number of ether oxygens (including phenoxy) is 2. The number of aliphatic hydroxyl groups excluding tert-OH is 1. The van der Waals surface area contributed by atoms with E-state index in [1.165, 1.54) is 20.1 Å². The summed E-state index contributed by atoms with van der Waals surface area (Å²) in [5.74, 6) is -1.36. The van der Waals surface area contributed by atoms with Gasteiger partial charge in [-0.2, -0.15) is 0 Å². The van der Waals surface area contributed by atoms with E-state index >= 15 is 0 Å². The Morgan fingerprint density at radius 1 is 1.09 bits per heavy atom. The number of hydrogen-bond acceptors (Lipinski definition) is 10. The lowest BCUT2D eigenvalue weighted by molar-refractivity contribution is -0.162. The number of thioether (sulfide) groups is 1. The van der Waals surface area contributed by atoms with Gasteiger partial charge in [0, 0.05) is 50.5 Å². The number of nitrogens with zero attached hydrogens (tertiary/aromatic N) is 1. The molecular formula is C39H53ClN4O8S. The maximum Gasteiger partial charge on any atom is 0.314 e. The highest BCUT2D eigenvalue weighted by molar-refractivity contribution is 8.13. The molecule has 0 aliphatic rings. The van der Waals surface area contributed by atoms with Gasteiger partial charge in [-0.15, -0.1) is 0 Å². The quantitative estimate of drug-likeness (QED) is 0.0775. The van der Waals surface area contributed by atoms with Gasteiger partial charge in [-0.25, -0.2) is 0 Å². The Hall–Kier alpha value is -4.20. The molecule has 1 heterocycles. The van der Waals surface area contributed by atoms with E-state index in [1.807, 2.05) is 45.1 Å². The van der Waals surface area contributed by atoms with Gasteiger partial charge in [0.2, 0.25) is 22.8 Å². The molecule has 3 amide bonds. The third-order valence-electron chi connectivity index (χ3n) is 7.99. The maximum absolute atomic E-state index is 13.6. The predicted molar refractivity (Wildman–Crippen MR) is 208 cm³/mol. The van der Waals surface area contributed by atoms with E-state index in [-0.39, 0.29) is 42.2 Å². The molecule has 1 aromatic carbocycles. The summed E-state index contributed by atoms with van der Waals surface area (Å²) in [5, 5.41) is 18.7. The zero-order chi connectivity index (χ0) is 39.6. The smallest absolute Gasteiger partial charge is 0.314 e. The molecule has 0 saturated heterocycles. The molecule has 0 fully saturated rings. The van der Waals surface area contributed by atoms with Crippen molar-refractivity contribution in [2.75, 3.05) is 26.0 Å². The number of esters is 1. The summed E-state index contributed by atoms with van der Waals surface area (Å²) in [5.41, 5.74) is 0.317. The molecule has 0 spiro atoms. The Labute approximate surface area is 321 Å². The van der Waals surface area contributed by atoms with E-state index in [0.29, 0.717) is 35.1 Å². The number of halogens is 1. The van der Waals surface area contributed by atoms with Gasteiger partial charge in [-0.05, 0) is 68.0 Å². The number of aromatic nitrogens is 1. The van der Waals surface area contributed by atoms with Crippen LogP contribution in [0.25, 0.3) is 6.08 Å². The van der Waals surface area contributed by atoms with Gasteiger partial charge in [-0.1, -0.05) is 74.5 Å². The number of hydrogen-bond donors (Lipinski definition) is 4. The van der Waals surface area contributed by atoms with Gasteiger partial charge in [-0.3, -0.25) is 29.0 Å². The van der Waals surface area contributed by atoms with Crippen molar-refractivity contribution >= 4 is 58.2 Å². The van der Waals surface area contributed by atoms with Crippen LogP contribution in [0, 0.1) is 17.3 Å². The normalized spacial score (nSPS) is 14.0. The average Bonchev–Trinajstić information content (AvgIpc) is 3.10. The number of carbonyl (C=O) groups is 5.